The lowest BCUT2D eigenvalue weighted by atomic mass is 9.93. The van der Waals surface area contributed by atoms with Gasteiger partial charge in [0.15, 0.2) is 0 Å². The molecule has 1 heterocycles. The second-order valence-corrected chi connectivity index (χ2v) is 9.28. The Morgan fingerprint density at radius 2 is 2.04 bits per heavy atom. The normalized spacial score (nSPS) is 15.8. The van der Waals surface area contributed by atoms with Crippen LogP contribution in [0.5, 0.6) is 5.88 Å². The van der Waals surface area contributed by atoms with Crippen LogP contribution in [0.1, 0.15) is 36.0 Å². The van der Waals surface area contributed by atoms with Crippen molar-refractivity contribution >= 4 is 21.7 Å². The minimum absolute atomic E-state index is 0.453. The first-order chi connectivity index (χ1) is 13.4. The lowest BCUT2D eigenvalue weighted by Gasteiger charge is -2.19. The van der Waals surface area contributed by atoms with E-state index >= 15 is 0 Å². The molecule has 2 amide bonds. The highest BCUT2D eigenvalue weighted by atomic mass is 32.2. The van der Waals surface area contributed by atoms with Gasteiger partial charge < -0.3 is 10.1 Å². The summed E-state index contributed by atoms with van der Waals surface area (Å²) in [5, 5.41) is 2.38. The summed E-state index contributed by atoms with van der Waals surface area (Å²) in [6.07, 6.45) is 5.66. The molecule has 1 aromatic heterocycles. The molecular formula is C20H23N3O4S. The van der Waals surface area contributed by atoms with Crippen molar-refractivity contribution < 1.29 is 17.9 Å². The summed E-state index contributed by atoms with van der Waals surface area (Å²) in [7, 11) is -2.06. The van der Waals surface area contributed by atoms with E-state index in [0.717, 1.165) is 41.5 Å². The second kappa shape index (κ2) is 7.09. The molecule has 1 saturated carbocycles. The highest BCUT2D eigenvalue weighted by Crippen LogP contribution is 2.40. The number of benzene rings is 1. The molecule has 0 atom stereocenters. The Morgan fingerprint density at radius 3 is 2.75 bits per heavy atom. The minimum Gasteiger partial charge on any atom is -0.481 e. The molecule has 2 aliphatic rings. The zero-order valence-corrected chi connectivity index (χ0v) is 16.7. The predicted octanol–water partition coefficient (Wildman–Crippen LogP) is 3.17. The maximum Gasteiger partial charge on any atom is 0.332 e. The number of rotatable bonds is 5. The smallest absolute Gasteiger partial charge is 0.332 e. The van der Waals surface area contributed by atoms with Crippen molar-refractivity contribution in [2.45, 2.75) is 44.3 Å². The van der Waals surface area contributed by atoms with E-state index in [4.69, 9.17) is 4.74 Å². The number of ether oxygens (including phenoxy) is 1. The van der Waals surface area contributed by atoms with Gasteiger partial charge >= 0.3 is 6.03 Å². The van der Waals surface area contributed by atoms with Gasteiger partial charge in [0.2, 0.25) is 15.9 Å². The number of aromatic nitrogens is 1. The molecule has 148 valence electrons. The van der Waals surface area contributed by atoms with E-state index in [1.165, 1.54) is 5.56 Å². The molecule has 8 heteroatoms. The van der Waals surface area contributed by atoms with Gasteiger partial charge in [-0.3, -0.25) is 0 Å². The molecule has 2 aliphatic carbocycles. The Kier molecular flexibility index (Phi) is 4.74. The fraction of sp³-hybridized carbons (Fsp3) is 0.400. The molecule has 0 bridgehead atoms. The minimum atomic E-state index is -3.61. The molecule has 0 unspecified atom stereocenters. The van der Waals surface area contributed by atoms with E-state index in [1.807, 2.05) is 19.1 Å². The highest BCUT2D eigenvalue weighted by molar-refractivity contribution is 7.90. The van der Waals surface area contributed by atoms with E-state index in [0.29, 0.717) is 24.4 Å². The van der Waals surface area contributed by atoms with Crippen LogP contribution in [0.4, 0.5) is 10.5 Å². The van der Waals surface area contributed by atoms with Gasteiger partial charge in [-0.15, -0.1) is 0 Å². The average Bonchev–Trinajstić information content (AvgIpc) is 3.41. The molecule has 7 nitrogen and oxygen atoms in total. The maximum atomic E-state index is 12.5. The number of aryl methyl sites for hydroxylation is 2. The van der Waals surface area contributed by atoms with Crippen molar-refractivity contribution in [1.82, 2.24) is 9.71 Å². The fourth-order valence-corrected chi connectivity index (χ4v) is 5.04. The lowest BCUT2D eigenvalue weighted by Crippen LogP contribution is -2.36. The van der Waals surface area contributed by atoms with Gasteiger partial charge in [-0.25, -0.2) is 22.9 Å². The summed E-state index contributed by atoms with van der Waals surface area (Å²) in [4.78, 5) is 16.7. The quantitative estimate of drug-likeness (QED) is 0.802. The first-order valence-corrected chi connectivity index (χ1v) is 10.9. The second-order valence-electron chi connectivity index (χ2n) is 7.32. The van der Waals surface area contributed by atoms with E-state index in [2.05, 4.69) is 21.1 Å². The van der Waals surface area contributed by atoms with Gasteiger partial charge in [0, 0.05) is 17.8 Å². The van der Waals surface area contributed by atoms with E-state index in [9.17, 15) is 13.2 Å². The zero-order valence-electron chi connectivity index (χ0n) is 15.9. The van der Waals surface area contributed by atoms with Gasteiger partial charge in [-0.05, 0) is 67.3 Å². The van der Waals surface area contributed by atoms with Crippen LogP contribution in [0.3, 0.4) is 0 Å². The Morgan fingerprint density at radius 1 is 1.25 bits per heavy atom. The number of carbonyl (C=O) groups excluding carboxylic acids is 1. The van der Waals surface area contributed by atoms with Gasteiger partial charge in [-0.2, -0.15) is 0 Å². The number of methoxy groups -OCH3 is 1. The summed E-state index contributed by atoms with van der Waals surface area (Å²) in [5.74, 6) is 0.476. The standard InChI is InChI=1S/C20H23N3O4S/c1-12-10-13-4-3-5-16(13)19(18(12)14-8-9-21-17(11-14)27-2)22-20(24)23-28(25,26)15-6-7-15/h8-11,15H,3-7H2,1-2H3,(H2,22,23,24). The van der Waals surface area contributed by atoms with Crippen molar-refractivity contribution in [2.24, 2.45) is 0 Å². The molecule has 1 fully saturated rings. The van der Waals surface area contributed by atoms with Crippen molar-refractivity contribution in [3.05, 3.63) is 41.1 Å². The average molecular weight is 401 g/mol. The number of hydrogen-bond acceptors (Lipinski definition) is 5. The lowest BCUT2D eigenvalue weighted by molar-refractivity contribution is 0.256. The Bertz CT molecular complexity index is 1050. The van der Waals surface area contributed by atoms with Crippen molar-refractivity contribution in [1.29, 1.82) is 0 Å². The van der Waals surface area contributed by atoms with Crippen LogP contribution in [0.25, 0.3) is 11.1 Å². The number of fused-ring (bicyclic) bond motifs is 1. The summed E-state index contributed by atoms with van der Waals surface area (Å²) < 4.78 is 31.7. The zero-order chi connectivity index (χ0) is 19.9. The van der Waals surface area contributed by atoms with Crippen LogP contribution < -0.4 is 14.8 Å². The maximum absolute atomic E-state index is 12.5. The third kappa shape index (κ3) is 3.56. The Balaban J connectivity index is 1.75. The number of nitrogens with one attached hydrogen (secondary N) is 2. The van der Waals surface area contributed by atoms with Gasteiger partial charge in [-0.1, -0.05) is 6.07 Å². The van der Waals surface area contributed by atoms with Crippen molar-refractivity contribution in [2.75, 3.05) is 12.4 Å². The number of pyridine rings is 1. The number of amides is 2. The molecule has 0 aliphatic heterocycles. The number of nitrogens with zero attached hydrogens (tertiary/aromatic N) is 1. The van der Waals surface area contributed by atoms with Gasteiger partial charge in [0.1, 0.15) is 0 Å². The summed E-state index contributed by atoms with van der Waals surface area (Å²) in [5.41, 5.74) is 5.66. The van der Waals surface area contributed by atoms with Crippen LogP contribution in [-0.4, -0.2) is 31.8 Å². The summed E-state index contributed by atoms with van der Waals surface area (Å²) in [6, 6.07) is 5.10. The van der Waals surface area contributed by atoms with Crippen LogP contribution in [0.2, 0.25) is 0 Å². The number of hydrogen-bond donors (Lipinski definition) is 2. The van der Waals surface area contributed by atoms with Gasteiger partial charge in [0.05, 0.1) is 18.0 Å². The molecule has 0 spiro atoms. The molecule has 0 saturated heterocycles. The Hall–Kier alpha value is -2.61. The van der Waals surface area contributed by atoms with Crippen LogP contribution in [0, 0.1) is 6.92 Å². The Labute approximate surface area is 164 Å². The number of carbonyl (C=O) groups is 1. The van der Waals surface area contributed by atoms with Crippen molar-refractivity contribution in [3.63, 3.8) is 0 Å². The summed E-state index contributed by atoms with van der Waals surface area (Å²) >= 11 is 0. The molecule has 28 heavy (non-hydrogen) atoms. The topological polar surface area (TPSA) is 97.4 Å². The molecule has 1 aromatic carbocycles. The van der Waals surface area contributed by atoms with Gasteiger partial charge in [0.25, 0.3) is 0 Å². The largest absolute Gasteiger partial charge is 0.481 e. The molecule has 2 aromatic rings. The number of anilines is 1. The van der Waals surface area contributed by atoms with E-state index in [-0.39, 0.29) is 0 Å². The SMILES string of the molecule is COc1cc(-c2c(C)cc3c(c2NC(=O)NS(=O)(=O)C2CC2)CCC3)ccn1. The number of urea groups is 1. The molecule has 0 radical (unpaired) electrons. The van der Waals surface area contributed by atoms with Crippen LogP contribution in [0.15, 0.2) is 24.4 Å². The fourth-order valence-electron chi connectivity index (χ4n) is 3.81. The number of sulfonamides is 1. The first-order valence-electron chi connectivity index (χ1n) is 9.37. The molecular weight excluding hydrogens is 378 g/mol. The summed E-state index contributed by atoms with van der Waals surface area (Å²) in [6.45, 7) is 1.99. The van der Waals surface area contributed by atoms with Crippen LogP contribution >= 0.6 is 0 Å². The highest BCUT2D eigenvalue weighted by Gasteiger charge is 2.37. The molecule has 4 rings (SSSR count). The molecule has 2 N–H and O–H groups in total. The first kappa shape index (κ1) is 18.7. The van der Waals surface area contributed by atoms with E-state index in [1.54, 1.807) is 13.3 Å². The van der Waals surface area contributed by atoms with Crippen LogP contribution in [-0.2, 0) is 22.9 Å². The third-order valence-electron chi connectivity index (χ3n) is 5.27. The monoisotopic (exact) mass is 401 g/mol. The third-order valence-corrected chi connectivity index (χ3v) is 7.09. The van der Waals surface area contributed by atoms with E-state index < -0.39 is 21.3 Å². The van der Waals surface area contributed by atoms with Crippen molar-refractivity contribution in [3.8, 4) is 17.0 Å². The predicted molar refractivity (Wildman–Crippen MR) is 107 cm³/mol.